The molecule has 0 aliphatic heterocycles. The van der Waals surface area contributed by atoms with Gasteiger partial charge in [0.2, 0.25) is 0 Å². The fourth-order valence-electron chi connectivity index (χ4n) is 1.78. The molecule has 20 heavy (non-hydrogen) atoms. The van der Waals surface area contributed by atoms with Crippen molar-refractivity contribution in [3.63, 3.8) is 0 Å². The molecule has 0 fully saturated rings. The zero-order chi connectivity index (χ0) is 15.1. The van der Waals surface area contributed by atoms with Gasteiger partial charge in [-0.15, -0.1) is 0 Å². The molecule has 0 unspecified atom stereocenters. The Kier molecular flexibility index (Phi) is 4.04. The first kappa shape index (κ1) is 15.2. The van der Waals surface area contributed by atoms with Crippen LogP contribution in [0.25, 0.3) is 11.1 Å². The lowest BCUT2D eigenvalue weighted by molar-refractivity contribution is -0.136. The van der Waals surface area contributed by atoms with Gasteiger partial charge >= 0.3 is 6.18 Å². The van der Waals surface area contributed by atoms with Gasteiger partial charge in [-0.3, -0.25) is 0 Å². The Hall–Kier alpha value is -1.17. The first-order valence-electron chi connectivity index (χ1n) is 5.18. The van der Waals surface area contributed by atoms with Crippen LogP contribution in [0.15, 0.2) is 24.4 Å². The van der Waals surface area contributed by atoms with E-state index >= 15 is 0 Å². The summed E-state index contributed by atoms with van der Waals surface area (Å²) < 4.78 is 39.3. The zero-order valence-corrected chi connectivity index (χ0v) is 11.9. The van der Waals surface area contributed by atoms with Crippen LogP contribution in [0.3, 0.4) is 0 Å². The SMILES string of the molecule is Nc1nccc(-c2c(Cl)cc(Cl)cc2Cl)c1C(F)(F)F. The van der Waals surface area contributed by atoms with Crippen molar-refractivity contribution < 1.29 is 13.2 Å². The number of pyridine rings is 1. The molecule has 2 aromatic rings. The summed E-state index contributed by atoms with van der Waals surface area (Å²) in [6.45, 7) is 0. The molecule has 1 heterocycles. The number of benzene rings is 1. The van der Waals surface area contributed by atoms with Gasteiger partial charge in [-0.25, -0.2) is 4.98 Å². The maximum atomic E-state index is 13.1. The van der Waals surface area contributed by atoms with Crippen LogP contribution in [0.4, 0.5) is 19.0 Å². The number of hydrogen-bond donors (Lipinski definition) is 1. The molecule has 0 saturated carbocycles. The van der Waals surface area contributed by atoms with Gasteiger partial charge < -0.3 is 5.73 Å². The fraction of sp³-hybridized carbons (Fsp3) is 0.0833. The molecule has 0 atom stereocenters. The normalized spacial score (nSPS) is 11.7. The third-order valence-electron chi connectivity index (χ3n) is 2.54. The van der Waals surface area contributed by atoms with Crippen molar-refractivity contribution in [1.82, 2.24) is 4.98 Å². The molecular weight excluding hydrogens is 335 g/mol. The second kappa shape index (κ2) is 5.31. The molecule has 0 spiro atoms. The summed E-state index contributed by atoms with van der Waals surface area (Å²) in [5, 5.41) is 0.219. The van der Waals surface area contributed by atoms with E-state index in [1.54, 1.807) is 0 Å². The summed E-state index contributed by atoms with van der Waals surface area (Å²) in [7, 11) is 0. The Morgan fingerprint density at radius 2 is 1.60 bits per heavy atom. The largest absolute Gasteiger partial charge is 0.420 e. The van der Waals surface area contributed by atoms with Crippen LogP contribution < -0.4 is 5.73 Å². The van der Waals surface area contributed by atoms with Crippen LogP contribution in [-0.2, 0) is 6.18 Å². The molecule has 2 nitrogen and oxygen atoms in total. The summed E-state index contributed by atoms with van der Waals surface area (Å²) >= 11 is 17.6. The first-order valence-corrected chi connectivity index (χ1v) is 6.31. The van der Waals surface area contributed by atoms with Crippen molar-refractivity contribution >= 4 is 40.6 Å². The smallest absolute Gasteiger partial charge is 0.383 e. The van der Waals surface area contributed by atoms with E-state index in [9.17, 15) is 13.2 Å². The number of aromatic nitrogens is 1. The van der Waals surface area contributed by atoms with Crippen molar-refractivity contribution in [1.29, 1.82) is 0 Å². The minimum Gasteiger partial charge on any atom is -0.383 e. The topological polar surface area (TPSA) is 38.9 Å². The van der Waals surface area contributed by atoms with Gasteiger partial charge in [-0.1, -0.05) is 34.8 Å². The maximum absolute atomic E-state index is 13.1. The Morgan fingerprint density at radius 3 is 2.10 bits per heavy atom. The Bertz CT molecular complexity index is 648. The van der Waals surface area contributed by atoms with Crippen LogP contribution in [0.1, 0.15) is 5.56 Å². The number of halogens is 6. The molecule has 106 valence electrons. The quantitative estimate of drug-likeness (QED) is 0.763. The fourth-order valence-corrected chi connectivity index (χ4v) is 2.80. The van der Waals surface area contributed by atoms with Gasteiger partial charge in [0.25, 0.3) is 0 Å². The molecule has 0 aliphatic rings. The molecule has 0 saturated heterocycles. The van der Waals surface area contributed by atoms with Crippen LogP contribution >= 0.6 is 34.8 Å². The van der Waals surface area contributed by atoms with Crippen molar-refractivity contribution in [3.8, 4) is 11.1 Å². The van der Waals surface area contributed by atoms with Gasteiger partial charge in [0, 0.05) is 22.3 Å². The lowest BCUT2D eigenvalue weighted by Gasteiger charge is -2.16. The lowest BCUT2D eigenvalue weighted by Crippen LogP contribution is -2.12. The standard InChI is InChI=1S/C12H6Cl3F3N2/c13-5-3-7(14)9(8(15)4-5)6-1-2-20-11(19)10(6)12(16,17)18/h1-4H,(H2,19,20). The number of hydrogen-bond acceptors (Lipinski definition) is 2. The Balaban J connectivity index is 2.81. The highest BCUT2D eigenvalue weighted by Gasteiger charge is 2.37. The first-order chi connectivity index (χ1) is 9.21. The molecule has 8 heteroatoms. The van der Waals surface area contributed by atoms with E-state index in [-0.39, 0.29) is 26.2 Å². The molecule has 0 bridgehead atoms. The number of nitrogens with zero attached hydrogens (tertiary/aromatic N) is 1. The molecule has 1 aromatic carbocycles. The maximum Gasteiger partial charge on any atom is 0.420 e. The zero-order valence-electron chi connectivity index (χ0n) is 9.60. The highest BCUT2D eigenvalue weighted by atomic mass is 35.5. The van der Waals surface area contributed by atoms with E-state index in [0.29, 0.717) is 0 Å². The van der Waals surface area contributed by atoms with Crippen LogP contribution in [0.2, 0.25) is 15.1 Å². The van der Waals surface area contributed by atoms with E-state index < -0.39 is 17.6 Å². The van der Waals surface area contributed by atoms with Crippen molar-refractivity contribution in [2.24, 2.45) is 0 Å². The minimum absolute atomic E-state index is 0.00130. The number of nitrogens with two attached hydrogens (primary N) is 1. The number of alkyl halides is 3. The third-order valence-corrected chi connectivity index (χ3v) is 3.35. The minimum atomic E-state index is -4.68. The summed E-state index contributed by atoms with van der Waals surface area (Å²) in [5.41, 5.74) is 4.03. The van der Waals surface area contributed by atoms with E-state index in [2.05, 4.69) is 4.98 Å². The monoisotopic (exact) mass is 340 g/mol. The van der Waals surface area contributed by atoms with Gasteiger partial charge in [0.1, 0.15) is 11.4 Å². The number of rotatable bonds is 1. The van der Waals surface area contributed by atoms with E-state index in [4.69, 9.17) is 40.5 Å². The average molecular weight is 342 g/mol. The summed E-state index contributed by atoms with van der Waals surface area (Å²) in [4.78, 5) is 3.45. The van der Waals surface area contributed by atoms with E-state index in [1.165, 1.54) is 12.1 Å². The van der Waals surface area contributed by atoms with Gasteiger partial charge in [-0.2, -0.15) is 13.2 Å². The van der Waals surface area contributed by atoms with E-state index in [0.717, 1.165) is 12.3 Å². The number of anilines is 1. The van der Waals surface area contributed by atoms with E-state index in [1.807, 2.05) is 0 Å². The predicted octanol–water partition coefficient (Wildman–Crippen LogP) is 5.31. The summed E-state index contributed by atoms with van der Waals surface area (Å²) in [6, 6.07) is 3.77. The van der Waals surface area contributed by atoms with Crippen molar-refractivity contribution in [2.75, 3.05) is 5.73 Å². The van der Waals surface area contributed by atoms with Gasteiger partial charge in [0.05, 0.1) is 10.0 Å². The van der Waals surface area contributed by atoms with Crippen LogP contribution in [-0.4, -0.2) is 4.98 Å². The second-order valence-corrected chi connectivity index (χ2v) is 5.11. The lowest BCUT2D eigenvalue weighted by atomic mass is 10.0. The molecule has 1 aromatic heterocycles. The molecule has 2 N–H and O–H groups in total. The molecule has 2 rings (SSSR count). The average Bonchev–Trinajstić information content (AvgIpc) is 2.25. The van der Waals surface area contributed by atoms with Crippen molar-refractivity contribution in [3.05, 3.63) is 45.0 Å². The summed E-state index contributed by atoms with van der Waals surface area (Å²) in [6.07, 6.45) is -3.53. The number of nitrogen functional groups attached to an aromatic ring is 1. The molecule has 0 amide bonds. The second-order valence-electron chi connectivity index (χ2n) is 3.86. The van der Waals surface area contributed by atoms with Crippen LogP contribution in [0, 0.1) is 0 Å². The molecule has 0 radical (unpaired) electrons. The van der Waals surface area contributed by atoms with Crippen molar-refractivity contribution in [2.45, 2.75) is 6.18 Å². The van der Waals surface area contributed by atoms with Gasteiger partial charge in [0.15, 0.2) is 0 Å². The van der Waals surface area contributed by atoms with Crippen LogP contribution in [0.5, 0.6) is 0 Å². The van der Waals surface area contributed by atoms with Gasteiger partial charge in [-0.05, 0) is 18.2 Å². The molecule has 0 aliphatic carbocycles. The Labute approximate surface area is 127 Å². The predicted molar refractivity (Wildman–Crippen MR) is 74.1 cm³/mol. The third kappa shape index (κ3) is 2.80. The molecular formula is C12H6Cl3F3N2. The summed E-state index contributed by atoms with van der Waals surface area (Å²) in [5.74, 6) is -0.642. The highest BCUT2D eigenvalue weighted by molar-refractivity contribution is 6.41. The Morgan fingerprint density at radius 1 is 1.05 bits per heavy atom. The highest BCUT2D eigenvalue weighted by Crippen LogP contribution is 2.45.